The lowest BCUT2D eigenvalue weighted by atomic mass is 10.1. The summed E-state index contributed by atoms with van der Waals surface area (Å²) in [4.78, 5) is 35.9. The van der Waals surface area contributed by atoms with Crippen molar-refractivity contribution in [3.63, 3.8) is 0 Å². The Hall–Kier alpha value is -2.48. The van der Waals surface area contributed by atoms with Crippen molar-refractivity contribution < 1.29 is 19.2 Å². The number of nitro groups is 1. The van der Waals surface area contributed by atoms with Gasteiger partial charge < -0.3 is 10.1 Å². The molecule has 2 fully saturated rings. The quantitative estimate of drug-likeness (QED) is 0.503. The Bertz CT molecular complexity index is 684. The van der Waals surface area contributed by atoms with Gasteiger partial charge in [0.2, 0.25) is 11.8 Å². The van der Waals surface area contributed by atoms with Crippen molar-refractivity contribution in [1.29, 1.82) is 0 Å². The summed E-state index contributed by atoms with van der Waals surface area (Å²) >= 11 is 0. The molecule has 24 heavy (non-hydrogen) atoms. The van der Waals surface area contributed by atoms with Crippen LogP contribution in [0, 0.1) is 16.0 Å². The number of carbonyl (C=O) groups is 2. The fourth-order valence-electron chi connectivity index (χ4n) is 3.04. The van der Waals surface area contributed by atoms with Gasteiger partial charge >= 0.3 is 0 Å². The molecule has 0 aliphatic carbocycles. The molecular weight excluding hydrogens is 314 g/mol. The van der Waals surface area contributed by atoms with E-state index in [4.69, 9.17) is 4.74 Å². The molecule has 1 aromatic rings. The van der Waals surface area contributed by atoms with Gasteiger partial charge in [-0.05, 0) is 25.0 Å². The Labute approximate surface area is 138 Å². The third-order valence-electron chi connectivity index (χ3n) is 4.35. The van der Waals surface area contributed by atoms with Crippen LogP contribution in [0.3, 0.4) is 0 Å². The van der Waals surface area contributed by atoms with Gasteiger partial charge in [0.25, 0.3) is 5.69 Å². The minimum atomic E-state index is -0.518. The number of carbonyl (C=O) groups excluding carboxylic acids is 2. The van der Waals surface area contributed by atoms with Crippen molar-refractivity contribution in [2.75, 3.05) is 23.4 Å². The van der Waals surface area contributed by atoms with E-state index in [1.165, 1.54) is 12.1 Å². The maximum absolute atomic E-state index is 12.1. The Morgan fingerprint density at radius 1 is 1.42 bits per heavy atom. The second-order valence-electron chi connectivity index (χ2n) is 6.15. The first kappa shape index (κ1) is 16.4. The SMILES string of the molecule is C[C@@H]1CC(=O)N(c2ccc(NC[C@H]3CCCO3)c([N+](=O)[O-])c2)C1=O. The summed E-state index contributed by atoms with van der Waals surface area (Å²) in [5, 5.41) is 14.4. The number of nitrogens with one attached hydrogen (secondary N) is 1. The van der Waals surface area contributed by atoms with Crippen LogP contribution in [0.4, 0.5) is 17.1 Å². The zero-order valence-electron chi connectivity index (χ0n) is 13.4. The Balaban J connectivity index is 1.83. The summed E-state index contributed by atoms with van der Waals surface area (Å²) in [6.07, 6.45) is 2.09. The molecule has 8 nitrogen and oxygen atoms in total. The smallest absolute Gasteiger partial charge is 0.294 e. The number of hydrogen-bond donors (Lipinski definition) is 1. The molecule has 0 aromatic heterocycles. The van der Waals surface area contributed by atoms with E-state index in [-0.39, 0.29) is 35.7 Å². The molecule has 2 amide bonds. The van der Waals surface area contributed by atoms with Crippen molar-refractivity contribution >= 4 is 28.9 Å². The van der Waals surface area contributed by atoms with Gasteiger partial charge in [-0.1, -0.05) is 6.92 Å². The normalized spacial score (nSPS) is 23.8. The minimum absolute atomic E-state index is 0.0480. The minimum Gasteiger partial charge on any atom is -0.377 e. The van der Waals surface area contributed by atoms with Gasteiger partial charge in [-0.15, -0.1) is 0 Å². The number of anilines is 2. The van der Waals surface area contributed by atoms with Crippen LogP contribution in [0.15, 0.2) is 18.2 Å². The average Bonchev–Trinajstić information content (AvgIpc) is 3.14. The number of imide groups is 1. The highest BCUT2D eigenvalue weighted by Gasteiger charge is 2.37. The Morgan fingerprint density at radius 3 is 2.79 bits per heavy atom. The summed E-state index contributed by atoms with van der Waals surface area (Å²) in [7, 11) is 0. The molecule has 0 spiro atoms. The van der Waals surface area contributed by atoms with Crippen molar-refractivity contribution in [2.45, 2.75) is 32.3 Å². The molecule has 8 heteroatoms. The predicted octanol–water partition coefficient (Wildman–Crippen LogP) is 2.09. The third-order valence-corrected chi connectivity index (χ3v) is 4.35. The second-order valence-corrected chi connectivity index (χ2v) is 6.15. The molecule has 2 aliphatic rings. The molecule has 2 atom stereocenters. The van der Waals surface area contributed by atoms with Crippen LogP contribution in [0.25, 0.3) is 0 Å². The largest absolute Gasteiger partial charge is 0.377 e. The lowest BCUT2D eigenvalue weighted by Gasteiger charge is -2.16. The lowest BCUT2D eigenvalue weighted by Crippen LogP contribution is -2.30. The zero-order chi connectivity index (χ0) is 17.3. The maximum atomic E-state index is 12.1. The standard InChI is InChI=1S/C16H19N3O5/c1-10-7-15(20)18(16(10)21)11-4-5-13(14(8-11)19(22)23)17-9-12-3-2-6-24-12/h4-5,8,10,12,17H,2-3,6-7,9H2,1H3/t10-,12-/m1/s1. The summed E-state index contributed by atoms with van der Waals surface area (Å²) in [6, 6.07) is 4.36. The number of nitro benzene ring substituents is 1. The molecule has 0 radical (unpaired) electrons. The number of nitrogens with zero attached hydrogens (tertiary/aromatic N) is 2. The van der Waals surface area contributed by atoms with Crippen molar-refractivity contribution in [3.8, 4) is 0 Å². The van der Waals surface area contributed by atoms with Crippen LogP contribution < -0.4 is 10.2 Å². The van der Waals surface area contributed by atoms with Crippen LogP contribution in [-0.2, 0) is 14.3 Å². The molecule has 0 unspecified atom stereocenters. The van der Waals surface area contributed by atoms with E-state index in [2.05, 4.69) is 5.32 Å². The molecule has 0 saturated carbocycles. The number of hydrogen-bond acceptors (Lipinski definition) is 6. The topological polar surface area (TPSA) is 102 Å². The third kappa shape index (κ3) is 3.09. The number of benzene rings is 1. The molecule has 128 valence electrons. The molecule has 2 saturated heterocycles. The number of ether oxygens (including phenoxy) is 1. The highest BCUT2D eigenvalue weighted by Crippen LogP contribution is 2.33. The van der Waals surface area contributed by atoms with Gasteiger partial charge in [0.1, 0.15) is 5.69 Å². The van der Waals surface area contributed by atoms with E-state index >= 15 is 0 Å². The summed E-state index contributed by atoms with van der Waals surface area (Å²) < 4.78 is 5.49. The average molecular weight is 333 g/mol. The van der Waals surface area contributed by atoms with Gasteiger partial charge in [-0.25, -0.2) is 0 Å². The van der Waals surface area contributed by atoms with Crippen molar-refractivity contribution in [2.24, 2.45) is 5.92 Å². The molecule has 1 N–H and O–H groups in total. The summed E-state index contributed by atoms with van der Waals surface area (Å²) in [6.45, 7) is 2.87. The van der Waals surface area contributed by atoms with E-state index in [0.717, 1.165) is 17.7 Å². The maximum Gasteiger partial charge on any atom is 0.294 e. The lowest BCUT2D eigenvalue weighted by molar-refractivity contribution is -0.383. The van der Waals surface area contributed by atoms with Gasteiger partial charge in [0, 0.05) is 31.6 Å². The van der Waals surface area contributed by atoms with Gasteiger partial charge in [0.15, 0.2) is 0 Å². The first-order valence-corrected chi connectivity index (χ1v) is 7.98. The van der Waals surface area contributed by atoms with Crippen LogP contribution in [-0.4, -0.2) is 36.0 Å². The molecule has 3 rings (SSSR count). The van der Waals surface area contributed by atoms with Crippen LogP contribution in [0.1, 0.15) is 26.2 Å². The Kier molecular flexibility index (Phi) is 4.48. The highest BCUT2D eigenvalue weighted by molar-refractivity contribution is 6.21. The van der Waals surface area contributed by atoms with Gasteiger partial charge in [0.05, 0.1) is 16.7 Å². The van der Waals surface area contributed by atoms with E-state index in [1.54, 1.807) is 13.0 Å². The van der Waals surface area contributed by atoms with Crippen LogP contribution in [0.5, 0.6) is 0 Å². The predicted molar refractivity (Wildman–Crippen MR) is 86.8 cm³/mol. The molecule has 2 heterocycles. The van der Waals surface area contributed by atoms with Gasteiger partial charge in [-0.2, -0.15) is 0 Å². The molecule has 0 bridgehead atoms. The van der Waals surface area contributed by atoms with E-state index in [0.29, 0.717) is 18.8 Å². The fraction of sp³-hybridized carbons (Fsp3) is 0.500. The summed E-state index contributed by atoms with van der Waals surface area (Å²) in [5.41, 5.74) is 0.431. The number of rotatable bonds is 5. The molecular formula is C16H19N3O5. The van der Waals surface area contributed by atoms with E-state index in [1.807, 2.05) is 0 Å². The number of amides is 2. The second kappa shape index (κ2) is 6.56. The van der Waals surface area contributed by atoms with E-state index in [9.17, 15) is 19.7 Å². The molecule has 1 aromatic carbocycles. The van der Waals surface area contributed by atoms with Gasteiger partial charge in [-0.3, -0.25) is 24.6 Å². The fourth-order valence-corrected chi connectivity index (χ4v) is 3.04. The van der Waals surface area contributed by atoms with Crippen LogP contribution in [0.2, 0.25) is 0 Å². The first-order chi connectivity index (χ1) is 11.5. The molecule has 2 aliphatic heterocycles. The van der Waals surface area contributed by atoms with E-state index < -0.39 is 10.8 Å². The Morgan fingerprint density at radius 2 is 2.21 bits per heavy atom. The van der Waals surface area contributed by atoms with Crippen molar-refractivity contribution in [1.82, 2.24) is 0 Å². The van der Waals surface area contributed by atoms with Crippen LogP contribution >= 0.6 is 0 Å². The zero-order valence-corrected chi connectivity index (χ0v) is 13.4. The summed E-state index contributed by atoms with van der Waals surface area (Å²) in [5.74, 6) is -1.05. The first-order valence-electron chi connectivity index (χ1n) is 7.98. The monoisotopic (exact) mass is 333 g/mol. The highest BCUT2D eigenvalue weighted by atomic mass is 16.6. The van der Waals surface area contributed by atoms with Crippen molar-refractivity contribution in [3.05, 3.63) is 28.3 Å².